The van der Waals surface area contributed by atoms with Gasteiger partial charge < -0.3 is 5.73 Å². The molecule has 0 amide bonds. The summed E-state index contributed by atoms with van der Waals surface area (Å²) in [6.45, 7) is 7.19. The molecular weight excluding hydrogens is 174 g/mol. The van der Waals surface area contributed by atoms with E-state index in [0.29, 0.717) is 12.0 Å². The minimum atomic E-state index is 0.355. The third-order valence-corrected chi connectivity index (χ3v) is 2.12. The van der Waals surface area contributed by atoms with Gasteiger partial charge in [0.15, 0.2) is 0 Å². The Morgan fingerprint density at radius 1 is 1.21 bits per heavy atom. The maximum absolute atomic E-state index is 5.51. The van der Waals surface area contributed by atoms with E-state index in [1.54, 1.807) is 6.33 Å². The highest BCUT2D eigenvalue weighted by atomic mass is 14.8. The predicted molar refractivity (Wildman–Crippen MR) is 57.7 cm³/mol. The van der Waals surface area contributed by atoms with E-state index in [2.05, 4.69) is 30.7 Å². The van der Waals surface area contributed by atoms with Gasteiger partial charge in [-0.1, -0.05) is 20.8 Å². The van der Waals surface area contributed by atoms with E-state index in [1.165, 1.54) is 0 Å². The van der Waals surface area contributed by atoms with Gasteiger partial charge in [-0.2, -0.15) is 0 Å². The lowest BCUT2D eigenvalue weighted by molar-refractivity contribution is 0.376. The standard InChI is InChI=1S/C11H19N3/c1-11(2,3)5-4-9-6-10(7-12)14-8-13-9/h6,8H,4-5,7,12H2,1-3H3. The van der Waals surface area contributed by atoms with Crippen LogP contribution in [0.15, 0.2) is 12.4 Å². The first-order valence-electron chi connectivity index (χ1n) is 5.01. The van der Waals surface area contributed by atoms with Gasteiger partial charge in [-0.05, 0) is 24.3 Å². The Hall–Kier alpha value is -0.960. The van der Waals surface area contributed by atoms with Crippen molar-refractivity contribution in [1.82, 2.24) is 9.97 Å². The Balaban J connectivity index is 2.59. The number of nitrogens with two attached hydrogens (primary N) is 1. The molecule has 0 aliphatic carbocycles. The third kappa shape index (κ3) is 3.83. The van der Waals surface area contributed by atoms with E-state index in [4.69, 9.17) is 5.73 Å². The zero-order valence-corrected chi connectivity index (χ0v) is 9.25. The number of hydrogen-bond acceptors (Lipinski definition) is 3. The average molecular weight is 193 g/mol. The van der Waals surface area contributed by atoms with Crippen molar-refractivity contribution in [3.8, 4) is 0 Å². The molecule has 0 aliphatic heterocycles. The number of rotatable bonds is 3. The predicted octanol–water partition coefficient (Wildman–Crippen LogP) is 1.91. The highest BCUT2D eigenvalue weighted by molar-refractivity contribution is 5.08. The lowest BCUT2D eigenvalue weighted by Gasteiger charge is -2.17. The molecule has 14 heavy (non-hydrogen) atoms. The van der Waals surface area contributed by atoms with Crippen molar-refractivity contribution in [2.45, 2.75) is 40.2 Å². The first-order valence-corrected chi connectivity index (χ1v) is 5.01. The van der Waals surface area contributed by atoms with Gasteiger partial charge >= 0.3 is 0 Å². The molecule has 3 nitrogen and oxygen atoms in total. The topological polar surface area (TPSA) is 51.8 Å². The molecule has 0 unspecified atom stereocenters. The maximum Gasteiger partial charge on any atom is 0.115 e. The average Bonchev–Trinajstić information content (AvgIpc) is 2.14. The number of aryl methyl sites for hydroxylation is 1. The molecule has 0 aromatic carbocycles. The molecule has 0 saturated carbocycles. The van der Waals surface area contributed by atoms with Crippen LogP contribution in [-0.4, -0.2) is 9.97 Å². The van der Waals surface area contributed by atoms with Crippen molar-refractivity contribution < 1.29 is 0 Å². The minimum Gasteiger partial charge on any atom is -0.325 e. The second-order valence-electron chi connectivity index (χ2n) is 4.77. The van der Waals surface area contributed by atoms with Crippen molar-refractivity contribution in [2.24, 2.45) is 11.1 Å². The molecule has 0 radical (unpaired) electrons. The normalized spacial score (nSPS) is 11.7. The zero-order chi connectivity index (χ0) is 10.6. The second kappa shape index (κ2) is 4.51. The van der Waals surface area contributed by atoms with Crippen LogP contribution >= 0.6 is 0 Å². The monoisotopic (exact) mass is 193 g/mol. The molecule has 1 aromatic heterocycles. The summed E-state index contributed by atoms with van der Waals surface area (Å²) in [7, 11) is 0. The van der Waals surface area contributed by atoms with Crippen LogP contribution in [0.4, 0.5) is 0 Å². The van der Waals surface area contributed by atoms with Gasteiger partial charge in [0.2, 0.25) is 0 Å². The Morgan fingerprint density at radius 2 is 1.86 bits per heavy atom. The molecular formula is C11H19N3. The molecule has 2 N–H and O–H groups in total. The van der Waals surface area contributed by atoms with Crippen LogP contribution in [0, 0.1) is 5.41 Å². The van der Waals surface area contributed by atoms with Gasteiger partial charge in [0.05, 0.1) is 5.69 Å². The lowest BCUT2D eigenvalue weighted by atomic mass is 9.90. The van der Waals surface area contributed by atoms with Gasteiger partial charge in [-0.25, -0.2) is 9.97 Å². The Kier molecular flexibility index (Phi) is 3.58. The Labute approximate surface area is 85.8 Å². The van der Waals surface area contributed by atoms with Crippen molar-refractivity contribution >= 4 is 0 Å². The quantitative estimate of drug-likeness (QED) is 0.797. The SMILES string of the molecule is CC(C)(C)CCc1cc(CN)ncn1. The summed E-state index contributed by atoms with van der Waals surface area (Å²) in [6, 6.07) is 1.99. The van der Waals surface area contributed by atoms with Crippen molar-refractivity contribution in [1.29, 1.82) is 0 Å². The fourth-order valence-electron chi connectivity index (χ4n) is 1.20. The molecule has 78 valence electrons. The van der Waals surface area contributed by atoms with Gasteiger partial charge in [0.1, 0.15) is 6.33 Å². The third-order valence-electron chi connectivity index (χ3n) is 2.12. The molecule has 3 heteroatoms. The largest absolute Gasteiger partial charge is 0.325 e. The lowest BCUT2D eigenvalue weighted by Crippen LogP contribution is -2.08. The van der Waals surface area contributed by atoms with E-state index in [9.17, 15) is 0 Å². The van der Waals surface area contributed by atoms with E-state index < -0.39 is 0 Å². The summed E-state index contributed by atoms with van der Waals surface area (Å²) in [5.74, 6) is 0. The van der Waals surface area contributed by atoms with E-state index in [-0.39, 0.29) is 0 Å². The van der Waals surface area contributed by atoms with Crippen molar-refractivity contribution in [2.75, 3.05) is 0 Å². The van der Waals surface area contributed by atoms with Crippen LogP contribution in [0.2, 0.25) is 0 Å². The van der Waals surface area contributed by atoms with Crippen molar-refractivity contribution in [3.05, 3.63) is 23.8 Å². The molecule has 0 atom stereocenters. The van der Waals surface area contributed by atoms with Crippen LogP contribution in [-0.2, 0) is 13.0 Å². The summed E-state index contributed by atoms with van der Waals surface area (Å²) in [5.41, 5.74) is 7.88. The summed E-state index contributed by atoms with van der Waals surface area (Å²) in [6.07, 6.45) is 3.73. The smallest absolute Gasteiger partial charge is 0.115 e. The number of aromatic nitrogens is 2. The summed E-state index contributed by atoms with van der Waals surface area (Å²) < 4.78 is 0. The van der Waals surface area contributed by atoms with Crippen LogP contribution in [0.3, 0.4) is 0 Å². The second-order valence-corrected chi connectivity index (χ2v) is 4.77. The molecule has 0 spiro atoms. The fourth-order valence-corrected chi connectivity index (χ4v) is 1.20. The fraction of sp³-hybridized carbons (Fsp3) is 0.636. The van der Waals surface area contributed by atoms with E-state index >= 15 is 0 Å². The number of hydrogen-bond donors (Lipinski definition) is 1. The molecule has 1 rings (SSSR count). The van der Waals surface area contributed by atoms with Gasteiger partial charge in [0.25, 0.3) is 0 Å². The minimum absolute atomic E-state index is 0.355. The number of nitrogens with zero attached hydrogens (tertiary/aromatic N) is 2. The first kappa shape index (κ1) is 11.1. The van der Waals surface area contributed by atoms with Crippen molar-refractivity contribution in [3.63, 3.8) is 0 Å². The first-order chi connectivity index (χ1) is 6.51. The Morgan fingerprint density at radius 3 is 2.43 bits per heavy atom. The van der Waals surface area contributed by atoms with Crippen LogP contribution < -0.4 is 5.73 Å². The van der Waals surface area contributed by atoms with Crippen LogP contribution in [0.5, 0.6) is 0 Å². The molecule has 0 saturated heterocycles. The molecule has 1 heterocycles. The summed E-state index contributed by atoms with van der Waals surface area (Å²) in [5, 5.41) is 0. The summed E-state index contributed by atoms with van der Waals surface area (Å²) in [4.78, 5) is 8.29. The van der Waals surface area contributed by atoms with Crippen LogP contribution in [0.25, 0.3) is 0 Å². The Bertz CT molecular complexity index is 289. The van der Waals surface area contributed by atoms with Crippen LogP contribution in [0.1, 0.15) is 38.6 Å². The molecule has 0 bridgehead atoms. The maximum atomic E-state index is 5.51. The summed E-state index contributed by atoms with van der Waals surface area (Å²) >= 11 is 0. The van der Waals surface area contributed by atoms with Gasteiger partial charge in [-0.15, -0.1) is 0 Å². The highest BCUT2D eigenvalue weighted by Crippen LogP contribution is 2.20. The van der Waals surface area contributed by atoms with Gasteiger partial charge in [0, 0.05) is 12.2 Å². The highest BCUT2D eigenvalue weighted by Gasteiger charge is 2.10. The molecule has 0 fully saturated rings. The zero-order valence-electron chi connectivity index (χ0n) is 9.25. The molecule has 0 aliphatic rings. The molecule has 1 aromatic rings. The van der Waals surface area contributed by atoms with E-state index in [1.807, 2.05) is 6.07 Å². The van der Waals surface area contributed by atoms with Gasteiger partial charge in [-0.3, -0.25) is 0 Å². The van der Waals surface area contributed by atoms with E-state index in [0.717, 1.165) is 24.2 Å².